The van der Waals surface area contributed by atoms with Crippen LogP contribution >= 0.6 is 0 Å². The largest absolute Gasteiger partial charge is 0.394 e. The van der Waals surface area contributed by atoms with Crippen LogP contribution in [0.2, 0.25) is 0 Å². The van der Waals surface area contributed by atoms with E-state index in [-0.39, 0.29) is 0 Å². The first-order valence-electron chi connectivity index (χ1n) is 12.0. The molecule has 224 valence electrons. The Bertz CT molecular complexity index is 754. The predicted molar refractivity (Wildman–Crippen MR) is 119 cm³/mol. The van der Waals surface area contributed by atoms with Crippen molar-refractivity contribution in [1.82, 2.24) is 0 Å². The van der Waals surface area contributed by atoms with Gasteiger partial charge in [0.25, 0.3) is 0 Å². The van der Waals surface area contributed by atoms with Gasteiger partial charge < -0.3 is 92.0 Å². The minimum absolute atomic E-state index is 0.692. The highest BCUT2D eigenvalue weighted by Crippen LogP contribution is 2.35. The summed E-state index contributed by atoms with van der Waals surface area (Å²) >= 11 is 0. The molecule has 3 aliphatic heterocycles. The topological polar surface area (TPSA) is 327 Å². The minimum atomic E-state index is -2.32. The van der Waals surface area contributed by atoms with Gasteiger partial charge in [0, 0.05) is 0 Å². The quantitative estimate of drug-likeness (QED) is 0.124. The minimum Gasteiger partial charge on any atom is -0.394 e. The number of rotatable bonds is 9. The summed E-state index contributed by atoms with van der Waals surface area (Å²) in [5.41, 5.74) is 15.4. The summed E-state index contributed by atoms with van der Waals surface area (Å²) < 4.78 is 27.6. The molecule has 0 aromatic heterocycles. The number of aliphatic hydroxyl groups is 10. The summed E-state index contributed by atoms with van der Waals surface area (Å²) in [5, 5.41) is 101. The van der Waals surface area contributed by atoms with Gasteiger partial charge in [0.1, 0.15) is 54.9 Å². The Kier molecular flexibility index (Phi) is 10.8. The molecule has 16 atom stereocenters. The Hall–Kier alpha value is -0.720. The standard InChI is InChI=1S/C20H39N3O15/c21-8-11(29)14(5(1-24)34-17(8)33)36-18-9(22)12(30)15(6(2-25)35-18)37-19-10(23)13(31)16(32)20(4-27,38-19)7(28)3-26/h5-19,24-33H,1-4,21-23H2/t5-,6-,7?,8?,9?,10-,11?,12-,13-,14?,15?,16+,17?,18+,19-,20+/m1/s1. The molecule has 0 aliphatic carbocycles. The molecule has 3 fully saturated rings. The SMILES string of the molecule is NC1C(O)O[C@H](CO)C(O[C@@H]2O[C@H](CO)C(O[C@@H]3O[C@@](CO)(C(O)CO)[C@@H](O)[C@H](O)[C@H]3N)[C@H](O)C2N)C1O. The van der Waals surface area contributed by atoms with Crippen LogP contribution in [-0.4, -0.2) is 175 Å². The van der Waals surface area contributed by atoms with Crippen molar-refractivity contribution >= 4 is 0 Å². The van der Waals surface area contributed by atoms with Crippen LogP contribution in [0.4, 0.5) is 0 Å². The van der Waals surface area contributed by atoms with Gasteiger partial charge in [-0.2, -0.15) is 0 Å². The molecular weight excluding hydrogens is 522 g/mol. The molecular formula is C20H39N3O15. The van der Waals surface area contributed by atoms with Crippen LogP contribution < -0.4 is 17.2 Å². The second kappa shape index (κ2) is 12.9. The third-order valence-electron chi connectivity index (χ3n) is 7.26. The monoisotopic (exact) mass is 561 g/mol. The van der Waals surface area contributed by atoms with E-state index in [2.05, 4.69) is 0 Å². The fourth-order valence-corrected chi connectivity index (χ4v) is 4.77. The molecule has 0 saturated carbocycles. The molecule has 0 spiro atoms. The fourth-order valence-electron chi connectivity index (χ4n) is 4.77. The lowest BCUT2D eigenvalue weighted by Crippen LogP contribution is -2.74. The maximum atomic E-state index is 10.9. The highest BCUT2D eigenvalue weighted by Gasteiger charge is 2.58. The molecule has 3 heterocycles. The van der Waals surface area contributed by atoms with Gasteiger partial charge in [-0.1, -0.05) is 0 Å². The van der Waals surface area contributed by atoms with Gasteiger partial charge in [0.05, 0.1) is 44.6 Å². The van der Waals surface area contributed by atoms with Gasteiger partial charge in [-0.15, -0.1) is 0 Å². The van der Waals surface area contributed by atoms with Gasteiger partial charge in [-0.25, -0.2) is 0 Å². The summed E-state index contributed by atoms with van der Waals surface area (Å²) in [6, 6.07) is -4.25. The third-order valence-corrected chi connectivity index (χ3v) is 7.26. The first-order chi connectivity index (χ1) is 17.9. The van der Waals surface area contributed by atoms with E-state index in [0.717, 1.165) is 0 Å². The van der Waals surface area contributed by atoms with Crippen molar-refractivity contribution < 1.29 is 74.7 Å². The molecule has 3 aliphatic rings. The lowest BCUT2D eigenvalue weighted by atomic mass is 9.82. The van der Waals surface area contributed by atoms with Crippen LogP contribution in [-0.2, 0) is 23.7 Å². The Balaban J connectivity index is 1.78. The molecule has 16 N–H and O–H groups in total. The van der Waals surface area contributed by atoms with Crippen LogP contribution in [0.15, 0.2) is 0 Å². The highest BCUT2D eigenvalue weighted by molar-refractivity contribution is 5.06. The van der Waals surface area contributed by atoms with Gasteiger partial charge >= 0.3 is 0 Å². The Labute approximate surface area is 216 Å². The molecule has 38 heavy (non-hydrogen) atoms. The molecule has 0 radical (unpaired) electrons. The molecule has 18 nitrogen and oxygen atoms in total. The molecule has 0 amide bonds. The number of nitrogens with two attached hydrogens (primary N) is 3. The second-order valence-corrected chi connectivity index (χ2v) is 9.62. The van der Waals surface area contributed by atoms with E-state index in [1.165, 1.54) is 0 Å². The second-order valence-electron chi connectivity index (χ2n) is 9.62. The zero-order valence-electron chi connectivity index (χ0n) is 20.2. The lowest BCUT2D eigenvalue weighted by molar-refractivity contribution is -0.370. The van der Waals surface area contributed by atoms with E-state index >= 15 is 0 Å². The zero-order valence-corrected chi connectivity index (χ0v) is 20.2. The normalized spacial score (nSPS) is 51.1. The summed E-state index contributed by atoms with van der Waals surface area (Å²) in [5.74, 6) is 0. The Morgan fingerprint density at radius 3 is 1.74 bits per heavy atom. The Morgan fingerprint density at radius 2 is 1.21 bits per heavy atom. The van der Waals surface area contributed by atoms with E-state index in [1.54, 1.807) is 0 Å². The number of hydrogen-bond donors (Lipinski definition) is 13. The van der Waals surface area contributed by atoms with Crippen molar-refractivity contribution in [2.24, 2.45) is 17.2 Å². The summed E-state index contributed by atoms with van der Waals surface area (Å²) in [4.78, 5) is 0. The van der Waals surface area contributed by atoms with Crippen LogP contribution in [0, 0.1) is 0 Å². The maximum Gasteiger partial charge on any atom is 0.176 e. The van der Waals surface area contributed by atoms with E-state index in [4.69, 9.17) is 40.9 Å². The lowest BCUT2D eigenvalue weighted by Gasteiger charge is -2.52. The maximum absolute atomic E-state index is 10.9. The van der Waals surface area contributed by atoms with Crippen LogP contribution in [0.3, 0.4) is 0 Å². The predicted octanol–water partition coefficient (Wildman–Crippen LogP) is -8.95. The molecule has 18 heteroatoms. The van der Waals surface area contributed by atoms with Crippen molar-refractivity contribution in [3.05, 3.63) is 0 Å². The third kappa shape index (κ3) is 5.70. The smallest absolute Gasteiger partial charge is 0.176 e. The zero-order chi connectivity index (χ0) is 28.5. The molecule has 7 unspecified atom stereocenters. The van der Waals surface area contributed by atoms with Crippen molar-refractivity contribution in [3.63, 3.8) is 0 Å². The summed E-state index contributed by atoms with van der Waals surface area (Å²) in [6.07, 6.45) is -19.3. The average molecular weight is 562 g/mol. The van der Waals surface area contributed by atoms with Crippen molar-refractivity contribution in [2.75, 3.05) is 26.4 Å². The molecule has 3 saturated heterocycles. The van der Waals surface area contributed by atoms with Crippen molar-refractivity contribution in [2.45, 2.75) is 97.5 Å². The van der Waals surface area contributed by atoms with Crippen molar-refractivity contribution in [3.8, 4) is 0 Å². The number of aliphatic hydroxyl groups excluding tert-OH is 10. The first-order valence-corrected chi connectivity index (χ1v) is 12.0. The van der Waals surface area contributed by atoms with E-state index in [1.807, 2.05) is 0 Å². The van der Waals surface area contributed by atoms with E-state index < -0.39 is 124 Å². The van der Waals surface area contributed by atoms with Gasteiger partial charge in [0.2, 0.25) is 0 Å². The summed E-state index contributed by atoms with van der Waals surface area (Å²) in [6.45, 7) is -3.53. The van der Waals surface area contributed by atoms with E-state index in [0.29, 0.717) is 0 Å². The molecule has 3 rings (SSSR count). The molecule has 0 aromatic rings. The number of ether oxygens (including phenoxy) is 5. The van der Waals surface area contributed by atoms with Crippen LogP contribution in [0.1, 0.15) is 0 Å². The Morgan fingerprint density at radius 1 is 0.711 bits per heavy atom. The van der Waals surface area contributed by atoms with E-state index in [9.17, 15) is 51.1 Å². The highest BCUT2D eigenvalue weighted by atomic mass is 16.7. The molecule has 0 bridgehead atoms. The van der Waals surface area contributed by atoms with Crippen LogP contribution in [0.5, 0.6) is 0 Å². The molecule has 0 aromatic carbocycles. The fraction of sp³-hybridized carbons (Fsp3) is 1.00. The summed E-state index contributed by atoms with van der Waals surface area (Å²) in [7, 11) is 0. The number of hydrogen-bond acceptors (Lipinski definition) is 18. The average Bonchev–Trinajstić information content (AvgIpc) is 2.92. The van der Waals surface area contributed by atoms with Gasteiger partial charge in [0.15, 0.2) is 24.5 Å². The van der Waals surface area contributed by atoms with Gasteiger partial charge in [-0.05, 0) is 0 Å². The van der Waals surface area contributed by atoms with Gasteiger partial charge in [-0.3, -0.25) is 0 Å². The van der Waals surface area contributed by atoms with Crippen molar-refractivity contribution in [1.29, 1.82) is 0 Å². The first kappa shape index (κ1) is 31.8. The van der Waals surface area contributed by atoms with Crippen LogP contribution in [0.25, 0.3) is 0 Å².